The van der Waals surface area contributed by atoms with Crippen LogP contribution in [0.4, 0.5) is 11.6 Å². The zero-order valence-electron chi connectivity index (χ0n) is 16.0. The molecule has 0 saturated carbocycles. The highest BCUT2D eigenvalue weighted by Crippen LogP contribution is 2.28. The number of carbonyl (C=O) groups is 1. The molecule has 8 nitrogen and oxygen atoms in total. The third-order valence-electron chi connectivity index (χ3n) is 5.47. The van der Waals surface area contributed by atoms with E-state index >= 15 is 0 Å². The molecule has 2 aliphatic heterocycles. The molecule has 1 saturated heterocycles. The van der Waals surface area contributed by atoms with Crippen molar-refractivity contribution in [2.24, 2.45) is 5.92 Å². The summed E-state index contributed by atoms with van der Waals surface area (Å²) >= 11 is 0. The molecule has 1 atom stereocenters. The van der Waals surface area contributed by atoms with Crippen LogP contribution < -0.4 is 9.80 Å². The summed E-state index contributed by atoms with van der Waals surface area (Å²) in [5.41, 5.74) is 2.53. The fourth-order valence-electron chi connectivity index (χ4n) is 3.87. The number of fused-ring (bicyclic) bond motifs is 1. The van der Waals surface area contributed by atoms with Gasteiger partial charge in [0.1, 0.15) is 11.6 Å². The van der Waals surface area contributed by atoms with E-state index in [9.17, 15) is 4.79 Å². The fourth-order valence-corrected chi connectivity index (χ4v) is 3.87. The molecular formula is C21H19N7O. The number of pyridine rings is 2. The first-order chi connectivity index (χ1) is 14.1. The molecular weight excluding hydrogens is 366 g/mol. The molecule has 5 heterocycles. The summed E-state index contributed by atoms with van der Waals surface area (Å²) in [6, 6.07) is 9.28. The number of rotatable bonds is 3. The van der Waals surface area contributed by atoms with Crippen LogP contribution >= 0.6 is 0 Å². The van der Waals surface area contributed by atoms with Gasteiger partial charge in [0.15, 0.2) is 0 Å². The molecule has 29 heavy (non-hydrogen) atoms. The molecule has 0 unspecified atom stereocenters. The Labute approximate surface area is 168 Å². The lowest BCUT2D eigenvalue weighted by molar-refractivity contribution is 0.0995. The van der Waals surface area contributed by atoms with Crippen LogP contribution in [0.1, 0.15) is 35.0 Å². The Kier molecular flexibility index (Phi) is 4.02. The minimum Gasteiger partial charge on any atom is -0.356 e. The van der Waals surface area contributed by atoms with Crippen molar-refractivity contribution in [3.8, 4) is 11.8 Å². The zero-order chi connectivity index (χ0) is 20.0. The molecule has 1 amide bonds. The topological polar surface area (TPSA) is 90.9 Å². The van der Waals surface area contributed by atoms with Gasteiger partial charge in [-0.1, -0.05) is 6.92 Å². The van der Waals surface area contributed by atoms with E-state index in [0.717, 1.165) is 24.6 Å². The SMILES string of the molecule is C[C@H]1CCN(c2ccc(-n3cc4c(n3)CN(c3cc(C#N)ccn3)C4=O)cn2)C1. The van der Waals surface area contributed by atoms with Gasteiger partial charge in [0.05, 0.1) is 41.3 Å². The standard InChI is InChI=1S/C21H19N7O/c1-14-5-7-26(11-14)19-3-2-16(10-24-19)28-12-17-18(25-28)13-27(21(17)29)20-8-15(9-22)4-6-23-20/h2-4,6,8,10,12,14H,5,7,11,13H2,1H3/t14-/m0/s1. The van der Waals surface area contributed by atoms with Crippen LogP contribution in [0, 0.1) is 17.2 Å². The van der Waals surface area contributed by atoms with Crippen molar-refractivity contribution in [1.29, 1.82) is 5.26 Å². The summed E-state index contributed by atoms with van der Waals surface area (Å²) in [6.07, 6.45) is 6.26. The molecule has 1 fully saturated rings. The Hall–Kier alpha value is -3.73. The molecule has 144 valence electrons. The molecule has 0 spiro atoms. The van der Waals surface area contributed by atoms with Gasteiger partial charge in [-0.3, -0.25) is 9.69 Å². The van der Waals surface area contributed by atoms with Crippen molar-refractivity contribution >= 4 is 17.5 Å². The fraction of sp³-hybridized carbons (Fsp3) is 0.286. The quantitative estimate of drug-likeness (QED) is 0.688. The lowest BCUT2D eigenvalue weighted by Gasteiger charge is -2.17. The van der Waals surface area contributed by atoms with Crippen LogP contribution in [-0.4, -0.2) is 38.7 Å². The van der Waals surface area contributed by atoms with Crippen LogP contribution in [0.2, 0.25) is 0 Å². The van der Waals surface area contributed by atoms with Gasteiger partial charge in [-0.05, 0) is 36.6 Å². The van der Waals surface area contributed by atoms with E-state index in [1.54, 1.807) is 34.1 Å². The first-order valence-corrected chi connectivity index (χ1v) is 9.60. The molecule has 8 heteroatoms. The zero-order valence-corrected chi connectivity index (χ0v) is 16.0. The second kappa shape index (κ2) is 6.71. The predicted octanol–water partition coefficient (Wildman–Crippen LogP) is 2.54. The van der Waals surface area contributed by atoms with Gasteiger partial charge in [-0.25, -0.2) is 14.6 Å². The number of nitriles is 1. The lowest BCUT2D eigenvalue weighted by atomic mass is 10.2. The third-order valence-corrected chi connectivity index (χ3v) is 5.47. The molecule has 0 aliphatic carbocycles. The van der Waals surface area contributed by atoms with Crippen LogP contribution in [0.15, 0.2) is 42.9 Å². The van der Waals surface area contributed by atoms with E-state index in [1.807, 2.05) is 12.1 Å². The highest BCUT2D eigenvalue weighted by atomic mass is 16.2. The summed E-state index contributed by atoms with van der Waals surface area (Å²) in [6.45, 7) is 4.66. The normalized spacial score (nSPS) is 18.2. The van der Waals surface area contributed by atoms with Crippen molar-refractivity contribution in [1.82, 2.24) is 19.7 Å². The monoisotopic (exact) mass is 385 g/mol. The van der Waals surface area contributed by atoms with Gasteiger partial charge in [0.25, 0.3) is 5.91 Å². The smallest absolute Gasteiger partial charge is 0.263 e. The minimum atomic E-state index is -0.163. The van der Waals surface area contributed by atoms with E-state index < -0.39 is 0 Å². The maximum atomic E-state index is 12.8. The lowest BCUT2D eigenvalue weighted by Crippen LogP contribution is -2.25. The summed E-state index contributed by atoms with van der Waals surface area (Å²) in [5, 5.41) is 13.6. The van der Waals surface area contributed by atoms with E-state index in [1.165, 1.54) is 12.6 Å². The van der Waals surface area contributed by atoms with E-state index in [-0.39, 0.29) is 5.91 Å². The Balaban J connectivity index is 1.37. The Morgan fingerprint density at radius 1 is 1.21 bits per heavy atom. The maximum absolute atomic E-state index is 12.8. The minimum absolute atomic E-state index is 0.163. The Morgan fingerprint density at radius 3 is 2.79 bits per heavy atom. The van der Waals surface area contributed by atoms with Gasteiger partial charge in [-0.2, -0.15) is 10.4 Å². The molecule has 3 aromatic heterocycles. The molecule has 3 aromatic rings. The molecule has 2 aliphatic rings. The summed E-state index contributed by atoms with van der Waals surface area (Å²) in [4.78, 5) is 25.5. The first-order valence-electron chi connectivity index (χ1n) is 9.60. The van der Waals surface area contributed by atoms with Crippen molar-refractivity contribution in [2.75, 3.05) is 22.9 Å². The van der Waals surface area contributed by atoms with Crippen molar-refractivity contribution in [2.45, 2.75) is 19.9 Å². The molecule has 0 bridgehead atoms. The second-order valence-corrected chi connectivity index (χ2v) is 7.55. The van der Waals surface area contributed by atoms with Crippen LogP contribution in [-0.2, 0) is 6.54 Å². The molecule has 5 rings (SSSR count). The van der Waals surface area contributed by atoms with Crippen LogP contribution in [0.3, 0.4) is 0 Å². The predicted molar refractivity (Wildman–Crippen MR) is 107 cm³/mol. The van der Waals surface area contributed by atoms with E-state index in [2.05, 4.69) is 33.0 Å². The van der Waals surface area contributed by atoms with Crippen LogP contribution in [0.5, 0.6) is 0 Å². The first kappa shape index (κ1) is 17.4. The number of amides is 1. The number of anilines is 2. The third kappa shape index (κ3) is 3.01. The summed E-state index contributed by atoms with van der Waals surface area (Å²) < 4.78 is 1.70. The average Bonchev–Trinajstić information content (AvgIpc) is 3.44. The number of nitrogens with zero attached hydrogens (tertiary/aromatic N) is 7. The largest absolute Gasteiger partial charge is 0.356 e. The number of carbonyl (C=O) groups excluding carboxylic acids is 1. The van der Waals surface area contributed by atoms with Crippen LogP contribution in [0.25, 0.3) is 5.69 Å². The molecule has 0 N–H and O–H groups in total. The van der Waals surface area contributed by atoms with Crippen molar-refractivity contribution in [3.05, 3.63) is 59.7 Å². The van der Waals surface area contributed by atoms with E-state index in [4.69, 9.17) is 5.26 Å². The van der Waals surface area contributed by atoms with Gasteiger partial charge in [-0.15, -0.1) is 0 Å². The maximum Gasteiger partial charge on any atom is 0.263 e. The summed E-state index contributed by atoms with van der Waals surface area (Å²) in [7, 11) is 0. The van der Waals surface area contributed by atoms with Crippen molar-refractivity contribution in [3.63, 3.8) is 0 Å². The van der Waals surface area contributed by atoms with Gasteiger partial charge in [0, 0.05) is 25.5 Å². The van der Waals surface area contributed by atoms with Gasteiger partial charge >= 0.3 is 0 Å². The number of aromatic nitrogens is 4. The van der Waals surface area contributed by atoms with E-state index in [0.29, 0.717) is 35.1 Å². The van der Waals surface area contributed by atoms with Gasteiger partial charge in [0.2, 0.25) is 0 Å². The highest BCUT2D eigenvalue weighted by molar-refractivity contribution is 6.09. The highest BCUT2D eigenvalue weighted by Gasteiger charge is 2.33. The number of hydrogen-bond donors (Lipinski definition) is 0. The molecule has 0 radical (unpaired) electrons. The van der Waals surface area contributed by atoms with Gasteiger partial charge < -0.3 is 4.90 Å². The summed E-state index contributed by atoms with van der Waals surface area (Å²) in [5.74, 6) is 1.97. The average molecular weight is 385 g/mol. The second-order valence-electron chi connectivity index (χ2n) is 7.55. The van der Waals surface area contributed by atoms with Crippen molar-refractivity contribution < 1.29 is 4.79 Å². The molecule has 0 aromatic carbocycles. The Morgan fingerprint density at radius 2 is 2.10 bits per heavy atom. The number of hydrogen-bond acceptors (Lipinski definition) is 6. The Bertz CT molecular complexity index is 1130.